The van der Waals surface area contributed by atoms with Crippen molar-refractivity contribution in [2.45, 2.75) is 37.7 Å². The fourth-order valence-corrected chi connectivity index (χ4v) is 2.02. The van der Waals surface area contributed by atoms with E-state index in [0.717, 1.165) is 13.0 Å². The first-order chi connectivity index (χ1) is 6.68. The number of benzene rings is 1. The van der Waals surface area contributed by atoms with Gasteiger partial charge < -0.3 is 5.32 Å². The van der Waals surface area contributed by atoms with Gasteiger partial charge in [0, 0.05) is 17.4 Å². The van der Waals surface area contributed by atoms with Crippen molar-refractivity contribution in [3.63, 3.8) is 0 Å². The average Bonchev–Trinajstić information content (AvgIpc) is 2.15. The highest BCUT2D eigenvalue weighted by atomic mass is 79.9. The first-order valence-corrected chi connectivity index (χ1v) is 6.01. The van der Waals surface area contributed by atoms with Gasteiger partial charge in [0.25, 0.3) is 0 Å². The zero-order valence-electron chi connectivity index (χ0n) is 8.83. The summed E-state index contributed by atoms with van der Waals surface area (Å²) in [6.45, 7) is 5.36. The normalized spacial score (nSPS) is 15.1. The van der Waals surface area contributed by atoms with E-state index < -0.39 is 0 Å². The minimum Gasteiger partial charge on any atom is -0.310 e. The smallest absolute Gasteiger partial charge is 0.0207 e. The van der Waals surface area contributed by atoms with Crippen LogP contribution < -0.4 is 5.32 Å². The largest absolute Gasteiger partial charge is 0.310 e. The van der Waals surface area contributed by atoms with Crippen molar-refractivity contribution in [2.24, 2.45) is 0 Å². The summed E-state index contributed by atoms with van der Waals surface area (Å²) < 4.78 is 0. The first kappa shape index (κ1) is 11.7. The number of nitrogens with one attached hydrogen (secondary N) is 1. The Bertz CT molecular complexity index is 246. The van der Waals surface area contributed by atoms with Gasteiger partial charge >= 0.3 is 0 Å². The summed E-state index contributed by atoms with van der Waals surface area (Å²) in [7, 11) is 0. The van der Waals surface area contributed by atoms with Gasteiger partial charge in [0.1, 0.15) is 0 Å². The molecule has 0 aromatic heterocycles. The zero-order chi connectivity index (χ0) is 10.4. The molecule has 2 heteroatoms. The fraction of sp³-hybridized carbons (Fsp3) is 0.500. The Balaban J connectivity index is 2.27. The van der Waals surface area contributed by atoms with Crippen LogP contribution >= 0.6 is 15.9 Å². The number of hydrogen-bond acceptors (Lipinski definition) is 1. The number of rotatable bonds is 5. The van der Waals surface area contributed by atoms with E-state index >= 15 is 0 Å². The summed E-state index contributed by atoms with van der Waals surface area (Å²) in [5.74, 6) is 0. The molecule has 0 aliphatic carbocycles. The standard InChI is InChI=1S/C12H18BrN/c1-10(13)8-11(2)14-9-12-6-4-3-5-7-12/h3-7,10-11,14H,8-9H2,1-2H3. The maximum Gasteiger partial charge on any atom is 0.0207 e. The molecule has 78 valence electrons. The van der Waals surface area contributed by atoms with Crippen molar-refractivity contribution < 1.29 is 0 Å². The van der Waals surface area contributed by atoms with Crippen LogP contribution in [-0.4, -0.2) is 10.9 Å². The second-order valence-electron chi connectivity index (χ2n) is 3.78. The lowest BCUT2D eigenvalue weighted by molar-refractivity contribution is 0.516. The van der Waals surface area contributed by atoms with Crippen molar-refractivity contribution in [1.82, 2.24) is 5.32 Å². The Morgan fingerprint density at radius 3 is 2.43 bits per heavy atom. The first-order valence-electron chi connectivity index (χ1n) is 5.10. The van der Waals surface area contributed by atoms with Crippen molar-refractivity contribution in [1.29, 1.82) is 0 Å². The molecular formula is C12H18BrN. The molecule has 14 heavy (non-hydrogen) atoms. The van der Waals surface area contributed by atoms with Crippen LogP contribution in [0.15, 0.2) is 30.3 Å². The van der Waals surface area contributed by atoms with Crippen molar-refractivity contribution in [2.75, 3.05) is 0 Å². The van der Waals surface area contributed by atoms with E-state index in [-0.39, 0.29) is 0 Å². The molecule has 0 spiro atoms. The molecule has 1 aromatic rings. The number of halogens is 1. The number of hydrogen-bond donors (Lipinski definition) is 1. The second kappa shape index (κ2) is 6.20. The van der Waals surface area contributed by atoms with Crippen LogP contribution in [0.5, 0.6) is 0 Å². The van der Waals surface area contributed by atoms with Crippen LogP contribution in [0.3, 0.4) is 0 Å². The topological polar surface area (TPSA) is 12.0 Å². The molecule has 1 rings (SSSR count). The van der Waals surface area contributed by atoms with Gasteiger partial charge in [0.05, 0.1) is 0 Å². The van der Waals surface area contributed by atoms with Crippen LogP contribution in [0.4, 0.5) is 0 Å². The maximum atomic E-state index is 3.56. The van der Waals surface area contributed by atoms with Gasteiger partial charge in [0.15, 0.2) is 0 Å². The van der Waals surface area contributed by atoms with Gasteiger partial charge in [0.2, 0.25) is 0 Å². The minimum atomic E-state index is 0.560. The van der Waals surface area contributed by atoms with E-state index in [1.807, 2.05) is 6.07 Å². The summed E-state index contributed by atoms with van der Waals surface area (Å²) in [6, 6.07) is 11.1. The van der Waals surface area contributed by atoms with Crippen LogP contribution in [0.25, 0.3) is 0 Å². The molecular weight excluding hydrogens is 238 g/mol. The van der Waals surface area contributed by atoms with E-state index in [0.29, 0.717) is 10.9 Å². The Hall–Kier alpha value is -0.340. The highest BCUT2D eigenvalue weighted by Crippen LogP contribution is 2.07. The van der Waals surface area contributed by atoms with Crippen LogP contribution in [0.2, 0.25) is 0 Å². The van der Waals surface area contributed by atoms with Gasteiger partial charge in [-0.1, -0.05) is 53.2 Å². The SMILES string of the molecule is CC(Br)CC(C)NCc1ccccc1. The summed E-state index contributed by atoms with van der Waals surface area (Å²) >= 11 is 3.56. The molecule has 0 radical (unpaired) electrons. The predicted octanol–water partition coefficient (Wildman–Crippen LogP) is 3.34. The van der Waals surface area contributed by atoms with Crippen molar-refractivity contribution >= 4 is 15.9 Å². The predicted molar refractivity (Wildman–Crippen MR) is 65.7 cm³/mol. The Morgan fingerprint density at radius 2 is 1.86 bits per heavy atom. The lowest BCUT2D eigenvalue weighted by atomic mass is 10.1. The molecule has 2 unspecified atom stereocenters. The van der Waals surface area contributed by atoms with E-state index in [1.54, 1.807) is 0 Å². The average molecular weight is 256 g/mol. The van der Waals surface area contributed by atoms with Gasteiger partial charge in [-0.15, -0.1) is 0 Å². The molecule has 0 bridgehead atoms. The second-order valence-corrected chi connectivity index (χ2v) is 5.35. The molecule has 0 fully saturated rings. The van der Waals surface area contributed by atoms with Gasteiger partial charge in [-0.3, -0.25) is 0 Å². The molecule has 1 nitrogen and oxygen atoms in total. The summed E-state index contributed by atoms with van der Waals surface area (Å²) in [6.07, 6.45) is 1.16. The Kier molecular flexibility index (Phi) is 5.20. The van der Waals surface area contributed by atoms with Gasteiger partial charge in [-0.25, -0.2) is 0 Å². The van der Waals surface area contributed by atoms with E-state index in [4.69, 9.17) is 0 Å². The molecule has 1 aromatic carbocycles. The lowest BCUT2D eigenvalue weighted by Gasteiger charge is -2.14. The molecule has 0 amide bonds. The molecule has 0 saturated carbocycles. The third kappa shape index (κ3) is 4.77. The monoisotopic (exact) mass is 255 g/mol. The number of alkyl halides is 1. The maximum absolute atomic E-state index is 3.56. The van der Waals surface area contributed by atoms with Crippen LogP contribution in [0, 0.1) is 0 Å². The minimum absolute atomic E-state index is 0.560. The highest BCUT2D eigenvalue weighted by molar-refractivity contribution is 9.09. The molecule has 0 saturated heterocycles. The molecule has 0 heterocycles. The van der Waals surface area contributed by atoms with Crippen LogP contribution in [0.1, 0.15) is 25.8 Å². The Labute approximate surface area is 95.0 Å². The molecule has 0 aliphatic rings. The summed E-state index contributed by atoms with van der Waals surface area (Å²) in [5.41, 5.74) is 1.35. The highest BCUT2D eigenvalue weighted by Gasteiger charge is 2.04. The molecule has 2 atom stereocenters. The van der Waals surface area contributed by atoms with Crippen molar-refractivity contribution in [3.8, 4) is 0 Å². The van der Waals surface area contributed by atoms with Gasteiger partial charge in [-0.2, -0.15) is 0 Å². The zero-order valence-corrected chi connectivity index (χ0v) is 10.4. The molecule has 1 N–H and O–H groups in total. The third-order valence-corrected chi connectivity index (χ3v) is 2.55. The summed E-state index contributed by atoms with van der Waals surface area (Å²) in [5, 5.41) is 3.50. The summed E-state index contributed by atoms with van der Waals surface area (Å²) in [4.78, 5) is 0.584. The van der Waals surface area contributed by atoms with E-state index in [1.165, 1.54) is 5.56 Å². The van der Waals surface area contributed by atoms with Crippen LogP contribution in [-0.2, 0) is 6.54 Å². The third-order valence-electron chi connectivity index (χ3n) is 2.18. The fourth-order valence-electron chi connectivity index (χ4n) is 1.46. The Morgan fingerprint density at radius 1 is 1.21 bits per heavy atom. The van der Waals surface area contributed by atoms with E-state index in [2.05, 4.69) is 59.4 Å². The quantitative estimate of drug-likeness (QED) is 0.797. The van der Waals surface area contributed by atoms with E-state index in [9.17, 15) is 0 Å². The molecule has 0 aliphatic heterocycles. The lowest BCUT2D eigenvalue weighted by Crippen LogP contribution is -2.27. The van der Waals surface area contributed by atoms with Gasteiger partial charge in [-0.05, 0) is 18.9 Å². The van der Waals surface area contributed by atoms with Crippen molar-refractivity contribution in [3.05, 3.63) is 35.9 Å².